The molecule has 6 heteroatoms. The Balaban J connectivity index is 1.52. The van der Waals surface area contributed by atoms with Crippen LogP contribution in [0.2, 0.25) is 0 Å². The maximum atomic E-state index is 11.6. The molecule has 0 aromatic heterocycles. The third kappa shape index (κ3) is 5.91. The van der Waals surface area contributed by atoms with E-state index in [0.717, 1.165) is 42.8 Å². The average Bonchev–Trinajstić information content (AvgIpc) is 2.88. The van der Waals surface area contributed by atoms with Crippen molar-refractivity contribution in [2.24, 2.45) is 11.8 Å². The van der Waals surface area contributed by atoms with E-state index in [9.17, 15) is 15.3 Å². The molecule has 0 bridgehead atoms. The van der Waals surface area contributed by atoms with Crippen molar-refractivity contribution in [2.45, 2.75) is 50.6 Å². The largest absolute Gasteiger partial charge is 0.513 e. The number of ether oxygens (including phenoxy) is 1. The van der Waals surface area contributed by atoms with E-state index < -0.39 is 6.10 Å². The fourth-order valence-corrected chi connectivity index (χ4v) is 6.32. The zero-order chi connectivity index (χ0) is 24.1. The summed E-state index contributed by atoms with van der Waals surface area (Å²) in [5.74, 6) is 1.66. The molecule has 0 radical (unpaired) electrons. The van der Waals surface area contributed by atoms with Crippen LogP contribution in [0.25, 0.3) is 0 Å². The average molecular weight is 482 g/mol. The second-order valence-electron chi connectivity index (χ2n) is 9.35. The molecule has 34 heavy (non-hydrogen) atoms. The molecule has 0 amide bonds. The molecule has 1 fully saturated rings. The van der Waals surface area contributed by atoms with Crippen molar-refractivity contribution in [1.82, 2.24) is 4.90 Å². The topological polar surface area (TPSA) is 73.2 Å². The minimum absolute atomic E-state index is 0.106. The normalized spacial score (nSPS) is 30.1. The third-order valence-electron chi connectivity index (χ3n) is 6.86. The summed E-state index contributed by atoms with van der Waals surface area (Å²) in [5, 5.41) is 33.6. The summed E-state index contributed by atoms with van der Waals surface area (Å²) in [6.07, 6.45) is 13.1. The number of aliphatic hydroxyl groups excluding tert-OH is 3. The molecule has 182 valence electrons. The molecule has 3 unspecified atom stereocenters. The van der Waals surface area contributed by atoms with Crippen LogP contribution >= 0.6 is 11.8 Å². The Labute approximate surface area is 206 Å². The van der Waals surface area contributed by atoms with Gasteiger partial charge in [-0.1, -0.05) is 29.9 Å². The number of allylic oxidation sites excluding steroid dienone is 6. The highest BCUT2D eigenvalue weighted by atomic mass is 32.2. The molecular weight excluding hydrogens is 446 g/mol. The maximum Gasteiger partial charge on any atom is 0.133 e. The van der Waals surface area contributed by atoms with Crippen LogP contribution < -0.4 is 4.74 Å². The van der Waals surface area contributed by atoms with Crippen molar-refractivity contribution in [2.75, 3.05) is 13.1 Å². The third-order valence-corrected chi connectivity index (χ3v) is 8.15. The highest BCUT2D eigenvalue weighted by molar-refractivity contribution is 8.02. The van der Waals surface area contributed by atoms with E-state index in [-0.39, 0.29) is 23.0 Å². The SMILES string of the molecule is C/C=C\N1CC(Oc2ccc(C(O)C3/C(C)=C/C=C(/O)C=CS[C@@H]3C3CC=C(O)CC3)cc2)C1. The Hall–Kier alpha value is -2.57. The number of nitrogens with zero attached hydrogens (tertiary/aromatic N) is 1. The van der Waals surface area contributed by atoms with E-state index in [0.29, 0.717) is 18.1 Å². The molecule has 1 saturated heterocycles. The molecule has 2 heterocycles. The molecule has 3 aliphatic rings. The molecule has 2 aliphatic heterocycles. The van der Waals surface area contributed by atoms with Crippen LogP contribution in [-0.2, 0) is 0 Å². The Kier molecular flexibility index (Phi) is 8.11. The lowest BCUT2D eigenvalue weighted by molar-refractivity contribution is 0.0531. The van der Waals surface area contributed by atoms with Crippen LogP contribution in [0.3, 0.4) is 0 Å². The van der Waals surface area contributed by atoms with E-state index in [2.05, 4.69) is 11.1 Å². The van der Waals surface area contributed by atoms with Gasteiger partial charge in [-0.25, -0.2) is 0 Å². The van der Waals surface area contributed by atoms with Crippen LogP contribution in [0.4, 0.5) is 0 Å². The quantitative estimate of drug-likeness (QED) is 0.450. The van der Waals surface area contributed by atoms with E-state index in [1.54, 1.807) is 23.9 Å². The second-order valence-corrected chi connectivity index (χ2v) is 10.4. The Morgan fingerprint density at radius 1 is 1.15 bits per heavy atom. The molecule has 0 saturated carbocycles. The molecule has 5 nitrogen and oxygen atoms in total. The molecule has 0 spiro atoms. The van der Waals surface area contributed by atoms with Crippen molar-refractivity contribution in [1.29, 1.82) is 0 Å². The van der Waals surface area contributed by atoms with Crippen molar-refractivity contribution in [3.8, 4) is 5.75 Å². The highest BCUT2D eigenvalue weighted by Gasteiger charge is 2.37. The minimum atomic E-state index is -0.696. The van der Waals surface area contributed by atoms with Gasteiger partial charge < -0.3 is 25.0 Å². The van der Waals surface area contributed by atoms with Crippen molar-refractivity contribution < 1.29 is 20.1 Å². The fraction of sp³-hybridized carbons (Fsp3) is 0.429. The number of aliphatic hydroxyl groups is 3. The van der Waals surface area contributed by atoms with Gasteiger partial charge in [0.25, 0.3) is 0 Å². The minimum Gasteiger partial charge on any atom is -0.513 e. The lowest BCUT2D eigenvalue weighted by Gasteiger charge is -2.38. The Bertz CT molecular complexity index is 988. The molecule has 4 atom stereocenters. The van der Waals surface area contributed by atoms with Crippen molar-refractivity contribution >= 4 is 11.8 Å². The summed E-state index contributed by atoms with van der Waals surface area (Å²) < 4.78 is 6.07. The number of rotatable bonds is 6. The monoisotopic (exact) mass is 481 g/mol. The summed E-state index contributed by atoms with van der Waals surface area (Å²) in [6, 6.07) is 7.81. The number of thioether (sulfide) groups is 1. The smallest absolute Gasteiger partial charge is 0.133 e. The summed E-state index contributed by atoms with van der Waals surface area (Å²) in [6.45, 7) is 5.81. The van der Waals surface area contributed by atoms with E-state index in [1.807, 2.05) is 61.7 Å². The molecular formula is C28H35NO4S. The molecule has 4 rings (SSSR count). The number of hydrogen-bond acceptors (Lipinski definition) is 6. The van der Waals surface area contributed by atoms with Gasteiger partial charge in [0.05, 0.1) is 25.0 Å². The summed E-state index contributed by atoms with van der Waals surface area (Å²) >= 11 is 1.66. The van der Waals surface area contributed by atoms with Gasteiger partial charge in [0.1, 0.15) is 17.6 Å². The maximum absolute atomic E-state index is 11.6. The Morgan fingerprint density at radius 3 is 2.59 bits per heavy atom. The standard InChI is InChI=1S/C28H35NO4S/c1-3-15-29-17-25(18-29)33-24-12-7-20(8-13-24)27(32)26-19(2)4-9-23(31)14-16-34-28(26)21-5-10-22(30)11-6-21/h3-4,7-10,12-16,21,25-28,30-32H,5-6,11,17-18H2,1-2H3/b15-3-,16-14?,19-4+,23-9+/t21?,26?,27?,28-/m1/s1. The number of benzene rings is 1. The number of likely N-dealkylation sites (tertiary alicyclic amines) is 1. The van der Waals surface area contributed by atoms with Gasteiger partial charge >= 0.3 is 0 Å². The van der Waals surface area contributed by atoms with Crippen LogP contribution in [0.15, 0.2) is 83.3 Å². The number of hydrogen-bond donors (Lipinski definition) is 3. The van der Waals surface area contributed by atoms with Gasteiger partial charge in [-0.2, -0.15) is 0 Å². The van der Waals surface area contributed by atoms with Gasteiger partial charge in [0.15, 0.2) is 0 Å². The molecule has 1 aromatic rings. The van der Waals surface area contributed by atoms with Crippen LogP contribution in [0.5, 0.6) is 5.75 Å². The first-order valence-electron chi connectivity index (χ1n) is 12.0. The second kappa shape index (κ2) is 11.2. The van der Waals surface area contributed by atoms with E-state index in [4.69, 9.17) is 4.74 Å². The van der Waals surface area contributed by atoms with Crippen LogP contribution in [0.1, 0.15) is 44.8 Å². The molecule has 1 aliphatic carbocycles. The predicted molar refractivity (Wildman–Crippen MR) is 139 cm³/mol. The first-order chi connectivity index (χ1) is 16.4. The van der Waals surface area contributed by atoms with Crippen molar-refractivity contribution in [3.05, 3.63) is 88.9 Å². The van der Waals surface area contributed by atoms with E-state index in [1.165, 1.54) is 0 Å². The Morgan fingerprint density at radius 2 is 1.91 bits per heavy atom. The summed E-state index contributed by atoms with van der Waals surface area (Å²) in [5.41, 5.74) is 1.88. The van der Waals surface area contributed by atoms with Gasteiger partial charge in [0.2, 0.25) is 0 Å². The zero-order valence-corrected chi connectivity index (χ0v) is 20.7. The first kappa shape index (κ1) is 24.6. The first-order valence-corrected chi connectivity index (χ1v) is 13.0. The van der Waals surface area contributed by atoms with Gasteiger partial charge in [0, 0.05) is 17.6 Å². The lowest BCUT2D eigenvalue weighted by atomic mass is 9.78. The van der Waals surface area contributed by atoms with E-state index >= 15 is 0 Å². The molecule has 3 N–H and O–H groups in total. The summed E-state index contributed by atoms with van der Waals surface area (Å²) in [4.78, 5) is 2.22. The molecule has 1 aromatic carbocycles. The highest BCUT2D eigenvalue weighted by Crippen LogP contribution is 2.44. The summed E-state index contributed by atoms with van der Waals surface area (Å²) in [7, 11) is 0. The van der Waals surface area contributed by atoms with Gasteiger partial charge in [-0.05, 0) is 80.1 Å². The lowest BCUT2D eigenvalue weighted by Crippen LogP contribution is -2.50. The van der Waals surface area contributed by atoms with Crippen LogP contribution in [0, 0.1) is 11.8 Å². The fourth-order valence-electron chi connectivity index (χ4n) is 4.92. The van der Waals surface area contributed by atoms with Gasteiger partial charge in [-0.15, -0.1) is 11.8 Å². The zero-order valence-electron chi connectivity index (χ0n) is 19.9. The van der Waals surface area contributed by atoms with Crippen LogP contribution in [-0.4, -0.2) is 44.7 Å². The van der Waals surface area contributed by atoms with Gasteiger partial charge in [-0.3, -0.25) is 0 Å². The van der Waals surface area contributed by atoms with Crippen molar-refractivity contribution in [3.63, 3.8) is 0 Å². The predicted octanol–water partition coefficient (Wildman–Crippen LogP) is 6.19.